The van der Waals surface area contributed by atoms with Gasteiger partial charge in [-0.25, -0.2) is 0 Å². The van der Waals surface area contributed by atoms with Crippen LogP contribution in [0.2, 0.25) is 5.02 Å². The van der Waals surface area contributed by atoms with Crippen molar-refractivity contribution in [3.8, 4) is 0 Å². The molecule has 0 aliphatic rings. The molecule has 0 fully saturated rings. The lowest BCUT2D eigenvalue weighted by atomic mass is 10.3. The summed E-state index contributed by atoms with van der Waals surface area (Å²) in [5, 5.41) is 6.30. The Bertz CT molecular complexity index is 388. The van der Waals surface area contributed by atoms with Crippen molar-refractivity contribution in [3.63, 3.8) is 0 Å². The van der Waals surface area contributed by atoms with E-state index in [-0.39, 0.29) is 12.5 Å². The molecule has 0 heterocycles. The Labute approximate surface area is 114 Å². The van der Waals surface area contributed by atoms with Crippen LogP contribution in [0.5, 0.6) is 0 Å². The lowest BCUT2D eigenvalue weighted by molar-refractivity contribution is -0.119. The van der Waals surface area contributed by atoms with E-state index in [1.807, 2.05) is 12.1 Å². The highest BCUT2D eigenvalue weighted by atomic mass is 79.9. The number of amides is 1. The van der Waals surface area contributed by atoms with Crippen LogP contribution in [-0.4, -0.2) is 32.7 Å². The zero-order chi connectivity index (χ0) is 12.7. The number of ether oxygens (including phenoxy) is 1. The molecule has 2 N–H and O–H groups in total. The summed E-state index contributed by atoms with van der Waals surface area (Å²) in [7, 11) is 1.59. The highest BCUT2D eigenvalue weighted by Crippen LogP contribution is 2.25. The highest BCUT2D eigenvalue weighted by Gasteiger charge is 2.02. The van der Waals surface area contributed by atoms with Crippen LogP contribution in [0, 0.1) is 0 Å². The lowest BCUT2D eigenvalue weighted by Gasteiger charge is -2.08. The van der Waals surface area contributed by atoms with Gasteiger partial charge in [0.2, 0.25) is 5.91 Å². The van der Waals surface area contributed by atoms with Crippen molar-refractivity contribution in [3.05, 3.63) is 27.7 Å². The van der Waals surface area contributed by atoms with E-state index in [0.29, 0.717) is 18.2 Å². The second kappa shape index (κ2) is 7.53. The Morgan fingerprint density at radius 2 is 2.29 bits per heavy atom. The SMILES string of the molecule is COCCNC(=O)CNc1ccc(Br)c(Cl)c1. The third-order valence-electron chi connectivity index (χ3n) is 2.00. The number of benzene rings is 1. The van der Waals surface area contributed by atoms with E-state index < -0.39 is 0 Å². The molecule has 0 aliphatic carbocycles. The number of hydrogen-bond donors (Lipinski definition) is 2. The minimum atomic E-state index is -0.0823. The quantitative estimate of drug-likeness (QED) is 0.790. The molecule has 0 saturated carbocycles. The predicted octanol–water partition coefficient (Wildman–Crippen LogP) is 2.28. The van der Waals surface area contributed by atoms with Crippen LogP contribution in [-0.2, 0) is 9.53 Å². The molecule has 0 saturated heterocycles. The fourth-order valence-electron chi connectivity index (χ4n) is 1.14. The van der Waals surface area contributed by atoms with E-state index in [0.717, 1.165) is 10.2 Å². The first kappa shape index (κ1) is 14.3. The third-order valence-corrected chi connectivity index (χ3v) is 3.23. The first-order valence-electron chi connectivity index (χ1n) is 5.08. The van der Waals surface area contributed by atoms with Gasteiger partial charge in [0.25, 0.3) is 0 Å². The molecular formula is C11H14BrClN2O2. The van der Waals surface area contributed by atoms with Crippen LogP contribution in [0.15, 0.2) is 22.7 Å². The summed E-state index contributed by atoms with van der Waals surface area (Å²) < 4.78 is 5.65. The predicted molar refractivity (Wildman–Crippen MR) is 72.5 cm³/mol. The number of anilines is 1. The number of halogens is 2. The Morgan fingerprint density at radius 1 is 1.53 bits per heavy atom. The molecule has 0 bridgehead atoms. The van der Waals surface area contributed by atoms with Gasteiger partial charge in [-0.15, -0.1) is 0 Å². The number of hydrogen-bond acceptors (Lipinski definition) is 3. The average molecular weight is 322 g/mol. The normalized spacial score (nSPS) is 10.1. The molecule has 0 atom stereocenters. The average Bonchev–Trinajstić information content (AvgIpc) is 2.31. The number of nitrogens with one attached hydrogen (secondary N) is 2. The molecule has 0 aromatic heterocycles. The van der Waals surface area contributed by atoms with Crippen molar-refractivity contribution in [1.82, 2.24) is 5.32 Å². The molecule has 0 aliphatic heterocycles. The van der Waals surface area contributed by atoms with E-state index in [1.165, 1.54) is 0 Å². The van der Waals surface area contributed by atoms with Gasteiger partial charge in [0.05, 0.1) is 18.2 Å². The second-order valence-corrected chi connectivity index (χ2v) is 4.59. The molecule has 1 aromatic carbocycles. The van der Waals surface area contributed by atoms with Crippen molar-refractivity contribution in [1.29, 1.82) is 0 Å². The number of carbonyl (C=O) groups is 1. The zero-order valence-corrected chi connectivity index (χ0v) is 11.8. The van der Waals surface area contributed by atoms with Gasteiger partial charge in [0.1, 0.15) is 0 Å². The summed E-state index contributed by atoms with van der Waals surface area (Å²) in [6.07, 6.45) is 0. The molecule has 1 aromatic rings. The molecule has 17 heavy (non-hydrogen) atoms. The fourth-order valence-corrected chi connectivity index (χ4v) is 1.57. The van der Waals surface area contributed by atoms with Gasteiger partial charge >= 0.3 is 0 Å². The van der Waals surface area contributed by atoms with Crippen LogP contribution >= 0.6 is 27.5 Å². The maximum atomic E-state index is 11.4. The summed E-state index contributed by atoms with van der Waals surface area (Å²) in [6.45, 7) is 1.23. The Balaban J connectivity index is 2.34. The summed E-state index contributed by atoms with van der Waals surface area (Å²) in [5.41, 5.74) is 0.806. The van der Waals surface area contributed by atoms with Gasteiger partial charge < -0.3 is 15.4 Å². The van der Waals surface area contributed by atoms with Crippen molar-refractivity contribution in [2.45, 2.75) is 0 Å². The van der Waals surface area contributed by atoms with Crippen molar-refractivity contribution in [2.24, 2.45) is 0 Å². The van der Waals surface area contributed by atoms with E-state index in [4.69, 9.17) is 16.3 Å². The molecule has 0 radical (unpaired) electrons. The van der Waals surface area contributed by atoms with Gasteiger partial charge in [-0.1, -0.05) is 11.6 Å². The van der Waals surface area contributed by atoms with Gasteiger partial charge in [-0.2, -0.15) is 0 Å². The first-order valence-corrected chi connectivity index (χ1v) is 6.25. The summed E-state index contributed by atoms with van der Waals surface area (Å²) in [6, 6.07) is 5.43. The molecule has 1 amide bonds. The fraction of sp³-hybridized carbons (Fsp3) is 0.364. The molecule has 0 spiro atoms. The minimum absolute atomic E-state index is 0.0823. The van der Waals surface area contributed by atoms with Crippen LogP contribution in [0.1, 0.15) is 0 Å². The minimum Gasteiger partial charge on any atom is -0.383 e. The highest BCUT2D eigenvalue weighted by molar-refractivity contribution is 9.10. The van der Waals surface area contributed by atoms with Crippen LogP contribution in [0.4, 0.5) is 5.69 Å². The standard InChI is InChI=1S/C11H14BrClN2O2/c1-17-5-4-14-11(16)7-15-8-2-3-9(12)10(13)6-8/h2-3,6,15H,4-5,7H2,1H3,(H,14,16). The van der Waals surface area contributed by atoms with Crippen molar-refractivity contribution >= 4 is 39.1 Å². The largest absolute Gasteiger partial charge is 0.383 e. The molecule has 4 nitrogen and oxygen atoms in total. The Kier molecular flexibility index (Phi) is 6.32. The zero-order valence-electron chi connectivity index (χ0n) is 9.43. The maximum Gasteiger partial charge on any atom is 0.239 e. The lowest BCUT2D eigenvalue weighted by Crippen LogP contribution is -2.32. The number of rotatable bonds is 6. The molecule has 0 unspecified atom stereocenters. The number of carbonyl (C=O) groups excluding carboxylic acids is 1. The Hall–Kier alpha value is -0.780. The van der Waals surface area contributed by atoms with E-state index >= 15 is 0 Å². The van der Waals surface area contributed by atoms with E-state index in [1.54, 1.807) is 13.2 Å². The van der Waals surface area contributed by atoms with Gasteiger partial charge in [0.15, 0.2) is 0 Å². The molecule has 94 valence electrons. The van der Waals surface area contributed by atoms with Crippen LogP contribution in [0.3, 0.4) is 0 Å². The summed E-state index contributed by atoms with van der Waals surface area (Å²) >= 11 is 9.23. The summed E-state index contributed by atoms with van der Waals surface area (Å²) in [5.74, 6) is -0.0823. The monoisotopic (exact) mass is 320 g/mol. The van der Waals surface area contributed by atoms with E-state index in [2.05, 4.69) is 26.6 Å². The first-order chi connectivity index (χ1) is 8.13. The summed E-state index contributed by atoms with van der Waals surface area (Å²) in [4.78, 5) is 11.4. The topological polar surface area (TPSA) is 50.4 Å². The third kappa shape index (κ3) is 5.39. The van der Waals surface area contributed by atoms with Crippen molar-refractivity contribution in [2.75, 3.05) is 32.1 Å². The Morgan fingerprint density at radius 3 is 2.94 bits per heavy atom. The molecule has 6 heteroatoms. The van der Waals surface area contributed by atoms with Crippen LogP contribution < -0.4 is 10.6 Å². The number of methoxy groups -OCH3 is 1. The maximum absolute atomic E-state index is 11.4. The molecular weight excluding hydrogens is 307 g/mol. The smallest absolute Gasteiger partial charge is 0.239 e. The van der Waals surface area contributed by atoms with E-state index in [9.17, 15) is 4.79 Å². The second-order valence-electron chi connectivity index (χ2n) is 3.33. The molecule has 1 rings (SSSR count). The van der Waals surface area contributed by atoms with Gasteiger partial charge in [-0.3, -0.25) is 4.79 Å². The van der Waals surface area contributed by atoms with Gasteiger partial charge in [-0.05, 0) is 34.1 Å². The van der Waals surface area contributed by atoms with Crippen molar-refractivity contribution < 1.29 is 9.53 Å². The van der Waals surface area contributed by atoms with Gasteiger partial charge in [0, 0.05) is 23.8 Å². The van der Waals surface area contributed by atoms with Crippen LogP contribution in [0.25, 0.3) is 0 Å².